The predicted octanol–water partition coefficient (Wildman–Crippen LogP) is 2.56. The van der Waals surface area contributed by atoms with Gasteiger partial charge in [0.25, 0.3) is 0 Å². The summed E-state index contributed by atoms with van der Waals surface area (Å²) in [6, 6.07) is 7.78. The second-order valence-corrected chi connectivity index (χ2v) is 6.03. The van der Waals surface area contributed by atoms with Gasteiger partial charge < -0.3 is 0 Å². The van der Waals surface area contributed by atoms with E-state index in [0.717, 1.165) is 18.5 Å². The van der Waals surface area contributed by atoms with Crippen molar-refractivity contribution in [2.45, 2.75) is 19.8 Å². The summed E-state index contributed by atoms with van der Waals surface area (Å²) in [6.07, 6.45) is 6.19. The number of allylic oxidation sites excluding steroid dienone is 2. The van der Waals surface area contributed by atoms with E-state index in [1.54, 1.807) is 0 Å². The van der Waals surface area contributed by atoms with Crippen LogP contribution in [0, 0.1) is 23.7 Å². The zero-order chi connectivity index (χ0) is 13.9. The van der Waals surface area contributed by atoms with Crippen LogP contribution in [0.4, 0.5) is 5.69 Å². The van der Waals surface area contributed by atoms with Crippen LogP contribution in [0.15, 0.2) is 36.4 Å². The first kappa shape index (κ1) is 11.9. The number of nitrogens with zero attached hydrogens (tertiary/aromatic N) is 1. The molecular weight excluding hydrogens is 250 g/mol. The molecule has 3 nitrogen and oxygen atoms in total. The molecule has 1 aliphatic heterocycles. The smallest absolute Gasteiger partial charge is 0.238 e. The Balaban J connectivity index is 1.70. The van der Waals surface area contributed by atoms with Gasteiger partial charge in [0.15, 0.2) is 0 Å². The molecule has 1 aromatic rings. The zero-order valence-corrected chi connectivity index (χ0v) is 11.5. The zero-order valence-electron chi connectivity index (χ0n) is 11.5. The minimum absolute atomic E-state index is 0.00102. The average Bonchev–Trinajstić information content (AvgIpc) is 3.14. The summed E-state index contributed by atoms with van der Waals surface area (Å²) in [5, 5.41) is 0. The van der Waals surface area contributed by atoms with Gasteiger partial charge in [0, 0.05) is 0 Å². The van der Waals surface area contributed by atoms with Crippen LogP contribution >= 0.6 is 0 Å². The van der Waals surface area contributed by atoms with Crippen molar-refractivity contribution in [2.75, 3.05) is 4.90 Å². The van der Waals surface area contributed by atoms with E-state index in [2.05, 4.69) is 19.1 Å². The maximum absolute atomic E-state index is 12.6. The number of benzene rings is 1. The van der Waals surface area contributed by atoms with Crippen molar-refractivity contribution in [2.24, 2.45) is 23.7 Å². The molecule has 3 heteroatoms. The van der Waals surface area contributed by atoms with Crippen LogP contribution in [-0.4, -0.2) is 11.8 Å². The van der Waals surface area contributed by atoms with E-state index in [1.165, 1.54) is 10.5 Å². The monoisotopic (exact) mass is 267 g/mol. The number of amides is 2. The van der Waals surface area contributed by atoms with Gasteiger partial charge in [0.2, 0.25) is 11.8 Å². The fraction of sp³-hybridized carbons (Fsp3) is 0.412. The third kappa shape index (κ3) is 1.41. The SMILES string of the molecule is CCc1ccc(N2C(=O)[C@@H]3[C@@H](C2=O)[C@H]2C=C[C@H]3C2)cc1. The fourth-order valence-corrected chi connectivity index (χ4v) is 4.04. The van der Waals surface area contributed by atoms with Crippen molar-refractivity contribution in [3.8, 4) is 0 Å². The van der Waals surface area contributed by atoms with Crippen molar-refractivity contribution >= 4 is 17.5 Å². The molecule has 0 unspecified atom stereocenters. The van der Waals surface area contributed by atoms with E-state index in [-0.39, 0.29) is 35.5 Å². The summed E-state index contributed by atoms with van der Waals surface area (Å²) in [6.45, 7) is 2.09. The van der Waals surface area contributed by atoms with Crippen LogP contribution in [0.2, 0.25) is 0 Å². The molecule has 20 heavy (non-hydrogen) atoms. The first-order valence-electron chi connectivity index (χ1n) is 7.35. The van der Waals surface area contributed by atoms with Crippen LogP contribution < -0.4 is 4.90 Å². The highest BCUT2D eigenvalue weighted by atomic mass is 16.2. The van der Waals surface area contributed by atoms with Gasteiger partial charge in [-0.3, -0.25) is 14.5 Å². The number of imide groups is 1. The summed E-state index contributed by atoms with van der Waals surface area (Å²) in [7, 11) is 0. The lowest BCUT2D eigenvalue weighted by Gasteiger charge is -2.17. The lowest BCUT2D eigenvalue weighted by atomic mass is 9.85. The molecule has 2 bridgehead atoms. The van der Waals surface area contributed by atoms with Crippen molar-refractivity contribution in [3.05, 3.63) is 42.0 Å². The third-order valence-corrected chi connectivity index (χ3v) is 5.07. The van der Waals surface area contributed by atoms with E-state index >= 15 is 0 Å². The van der Waals surface area contributed by atoms with Gasteiger partial charge in [-0.1, -0.05) is 31.2 Å². The van der Waals surface area contributed by atoms with E-state index in [1.807, 2.05) is 24.3 Å². The standard InChI is InChI=1S/C17H17NO2/c1-2-10-3-7-13(8-4-10)18-16(19)14-11-5-6-12(9-11)15(14)17(18)20/h3-8,11-12,14-15H,2,9H2,1H3/t11-,12-,14-,15-/m0/s1. The second-order valence-electron chi connectivity index (χ2n) is 6.03. The summed E-state index contributed by atoms with van der Waals surface area (Å²) in [5.41, 5.74) is 1.95. The fourth-order valence-electron chi connectivity index (χ4n) is 4.04. The molecule has 1 aromatic carbocycles. The van der Waals surface area contributed by atoms with Gasteiger partial charge in [-0.25, -0.2) is 0 Å². The highest BCUT2D eigenvalue weighted by molar-refractivity contribution is 6.22. The molecule has 0 radical (unpaired) electrons. The molecule has 4 atom stereocenters. The Labute approximate surface area is 118 Å². The second kappa shape index (κ2) is 4.05. The Morgan fingerprint density at radius 2 is 1.55 bits per heavy atom. The Hall–Kier alpha value is -1.90. The number of hydrogen-bond donors (Lipinski definition) is 0. The Kier molecular flexibility index (Phi) is 2.40. The van der Waals surface area contributed by atoms with Gasteiger partial charge in [0.1, 0.15) is 0 Å². The normalized spacial score (nSPS) is 34.1. The molecule has 0 spiro atoms. The van der Waals surface area contributed by atoms with Gasteiger partial charge in [-0.05, 0) is 42.4 Å². The summed E-state index contributed by atoms with van der Waals surface area (Å²) < 4.78 is 0. The predicted molar refractivity (Wildman–Crippen MR) is 76.0 cm³/mol. The van der Waals surface area contributed by atoms with Gasteiger partial charge in [-0.15, -0.1) is 0 Å². The molecular formula is C17H17NO2. The number of carbonyl (C=O) groups excluding carboxylic acids is 2. The molecule has 2 aliphatic carbocycles. The quantitative estimate of drug-likeness (QED) is 0.610. The lowest BCUT2D eigenvalue weighted by Crippen LogP contribution is -2.32. The molecule has 4 rings (SSSR count). The molecule has 2 amide bonds. The highest BCUT2D eigenvalue weighted by Crippen LogP contribution is 2.53. The maximum atomic E-state index is 12.6. The number of rotatable bonds is 2. The van der Waals surface area contributed by atoms with Crippen molar-refractivity contribution in [1.82, 2.24) is 0 Å². The van der Waals surface area contributed by atoms with E-state index in [9.17, 15) is 9.59 Å². The first-order valence-corrected chi connectivity index (χ1v) is 7.35. The van der Waals surface area contributed by atoms with Crippen LogP contribution in [0.25, 0.3) is 0 Å². The molecule has 2 fully saturated rings. The van der Waals surface area contributed by atoms with Crippen LogP contribution in [0.1, 0.15) is 18.9 Å². The van der Waals surface area contributed by atoms with Gasteiger partial charge in [-0.2, -0.15) is 0 Å². The molecule has 3 aliphatic rings. The number of anilines is 1. The minimum Gasteiger partial charge on any atom is -0.274 e. The highest BCUT2D eigenvalue weighted by Gasteiger charge is 2.59. The molecule has 0 N–H and O–H groups in total. The topological polar surface area (TPSA) is 37.4 Å². The Morgan fingerprint density at radius 1 is 1.00 bits per heavy atom. The Morgan fingerprint density at radius 3 is 2.05 bits per heavy atom. The lowest BCUT2D eigenvalue weighted by molar-refractivity contribution is -0.123. The Bertz CT molecular complexity index is 586. The number of carbonyl (C=O) groups is 2. The van der Waals surface area contributed by atoms with Crippen molar-refractivity contribution in [1.29, 1.82) is 0 Å². The first-order chi connectivity index (χ1) is 9.70. The number of fused-ring (bicyclic) bond motifs is 5. The van der Waals surface area contributed by atoms with Crippen molar-refractivity contribution in [3.63, 3.8) is 0 Å². The molecule has 102 valence electrons. The summed E-state index contributed by atoms with van der Waals surface area (Å²) in [4.78, 5) is 26.6. The number of aryl methyl sites for hydroxylation is 1. The van der Waals surface area contributed by atoms with E-state index < -0.39 is 0 Å². The number of hydrogen-bond acceptors (Lipinski definition) is 2. The van der Waals surface area contributed by atoms with Crippen LogP contribution in [0.3, 0.4) is 0 Å². The van der Waals surface area contributed by atoms with E-state index in [0.29, 0.717) is 0 Å². The van der Waals surface area contributed by atoms with Gasteiger partial charge >= 0.3 is 0 Å². The molecule has 1 saturated heterocycles. The van der Waals surface area contributed by atoms with Crippen LogP contribution in [-0.2, 0) is 16.0 Å². The largest absolute Gasteiger partial charge is 0.274 e. The third-order valence-electron chi connectivity index (χ3n) is 5.07. The van der Waals surface area contributed by atoms with Crippen LogP contribution in [0.5, 0.6) is 0 Å². The molecule has 1 saturated carbocycles. The molecule has 1 heterocycles. The van der Waals surface area contributed by atoms with Gasteiger partial charge in [0.05, 0.1) is 17.5 Å². The van der Waals surface area contributed by atoms with E-state index in [4.69, 9.17) is 0 Å². The average molecular weight is 267 g/mol. The van der Waals surface area contributed by atoms with Crippen molar-refractivity contribution < 1.29 is 9.59 Å². The maximum Gasteiger partial charge on any atom is 0.238 e. The summed E-state index contributed by atoms with van der Waals surface area (Å²) in [5.74, 6) is 0.344. The molecule has 0 aromatic heterocycles. The minimum atomic E-state index is -0.108. The summed E-state index contributed by atoms with van der Waals surface area (Å²) >= 11 is 0.